The Morgan fingerprint density at radius 1 is 1.33 bits per heavy atom. The summed E-state index contributed by atoms with van der Waals surface area (Å²) in [5, 5.41) is 12.7. The van der Waals surface area contributed by atoms with Crippen molar-refractivity contribution in [3.8, 4) is 5.75 Å². The zero-order valence-corrected chi connectivity index (χ0v) is 15.3. The van der Waals surface area contributed by atoms with E-state index in [2.05, 4.69) is 5.32 Å². The maximum atomic E-state index is 12.2. The van der Waals surface area contributed by atoms with E-state index < -0.39 is 6.10 Å². The number of aliphatic hydroxyl groups excluding tert-OH is 1. The zero-order chi connectivity index (χ0) is 19.0. The number of methoxy groups -OCH3 is 1. The highest BCUT2D eigenvalue weighted by molar-refractivity contribution is 5.93. The van der Waals surface area contributed by atoms with Crippen LogP contribution in [0.2, 0.25) is 0 Å². The number of fused-ring (bicyclic) bond motifs is 3. The number of ether oxygens (including phenoxy) is 3. The number of carbonyl (C=O) groups excluding carboxylic acids is 2. The summed E-state index contributed by atoms with van der Waals surface area (Å²) in [4.78, 5) is 23.9. The lowest BCUT2D eigenvalue weighted by Crippen LogP contribution is -2.46. The van der Waals surface area contributed by atoms with Crippen molar-refractivity contribution in [3.63, 3.8) is 0 Å². The van der Waals surface area contributed by atoms with Gasteiger partial charge < -0.3 is 24.6 Å². The molecule has 1 saturated heterocycles. The lowest BCUT2D eigenvalue weighted by Gasteiger charge is -2.36. The van der Waals surface area contributed by atoms with E-state index in [1.54, 1.807) is 0 Å². The third kappa shape index (κ3) is 3.53. The number of esters is 1. The van der Waals surface area contributed by atoms with Crippen LogP contribution in [0.25, 0.3) is 0 Å². The predicted molar refractivity (Wildman–Crippen MR) is 96.6 cm³/mol. The van der Waals surface area contributed by atoms with Crippen molar-refractivity contribution in [2.75, 3.05) is 19.0 Å². The molecule has 1 saturated carbocycles. The van der Waals surface area contributed by atoms with Crippen molar-refractivity contribution in [1.82, 2.24) is 0 Å². The van der Waals surface area contributed by atoms with E-state index in [9.17, 15) is 14.7 Å². The third-order valence-corrected chi connectivity index (χ3v) is 5.86. The second-order valence-electron chi connectivity index (χ2n) is 7.55. The minimum atomic E-state index is -0.501. The molecule has 3 aliphatic rings. The first-order valence-electron chi connectivity index (χ1n) is 9.53. The number of nitrogens with one attached hydrogen (secondary N) is 1. The Hall–Kier alpha value is -2.12. The molecule has 4 rings (SSSR count). The van der Waals surface area contributed by atoms with Gasteiger partial charge in [0.1, 0.15) is 18.0 Å². The first-order valence-corrected chi connectivity index (χ1v) is 9.53. The number of aliphatic hydroxyl groups is 1. The molecule has 2 aliphatic heterocycles. The molecule has 4 atom stereocenters. The van der Waals surface area contributed by atoms with Gasteiger partial charge in [-0.2, -0.15) is 0 Å². The topological polar surface area (TPSA) is 94.1 Å². The Kier molecular flexibility index (Phi) is 5.06. The molecule has 146 valence electrons. The van der Waals surface area contributed by atoms with E-state index in [-0.39, 0.29) is 48.9 Å². The molecule has 7 heteroatoms. The van der Waals surface area contributed by atoms with Crippen LogP contribution in [-0.4, -0.2) is 49.0 Å². The molecular weight excluding hydrogens is 350 g/mol. The number of hydrogen-bond donors (Lipinski definition) is 2. The lowest BCUT2D eigenvalue weighted by atomic mass is 9.83. The number of anilines is 1. The third-order valence-electron chi connectivity index (χ3n) is 5.86. The van der Waals surface area contributed by atoms with Gasteiger partial charge >= 0.3 is 5.97 Å². The molecule has 0 unspecified atom stereocenters. The van der Waals surface area contributed by atoms with Gasteiger partial charge in [0, 0.05) is 23.1 Å². The molecule has 0 bridgehead atoms. The van der Waals surface area contributed by atoms with Gasteiger partial charge in [-0.1, -0.05) is 6.42 Å². The van der Waals surface area contributed by atoms with Crippen LogP contribution in [0.3, 0.4) is 0 Å². The highest BCUT2D eigenvalue weighted by Crippen LogP contribution is 2.47. The number of rotatable bonds is 5. The second kappa shape index (κ2) is 7.48. The number of carbonyl (C=O) groups is 2. The molecular formula is C20H25NO6. The van der Waals surface area contributed by atoms with Crippen LogP contribution < -0.4 is 10.1 Å². The summed E-state index contributed by atoms with van der Waals surface area (Å²) >= 11 is 0. The average Bonchev–Trinajstić information content (AvgIpc) is 2.97. The largest absolute Gasteiger partial charge is 0.487 e. The summed E-state index contributed by atoms with van der Waals surface area (Å²) < 4.78 is 16.6. The normalized spacial score (nSPS) is 29.1. The molecule has 27 heavy (non-hydrogen) atoms. The van der Waals surface area contributed by atoms with E-state index in [1.165, 1.54) is 7.11 Å². The van der Waals surface area contributed by atoms with Crippen LogP contribution in [0.15, 0.2) is 18.2 Å². The molecule has 1 aromatic rings. The van der Waals surface area contributed by atoms with Gasteiger partial charge in [-0.15, -0.1) is 0 Å². The van der Waals surface area contributed by atoms with Gasteiger partial charge in [-0.3, -0.25) is 9.59 Å². The fourth-order valence-electron chi connectivity index (χ4n) is 4.15. The van der Waals surface area contributed by atoms with Gasteiger partial charge in [0.05, 0.1) is 26.2 Å². The molecule has 0 spiro atoms. The molecule has 2 N–H and O–H groups in total. The standard InChI is InChI=1S/C20H25NO6/c1-25-18(23)9-13-8-15-14-7-12(21-20(24)11-3-2-4-11)5-6-16(14)27-19(15)17(10-22)26-13/h5-7,11,13,15,17,19,22H,2-4,8-10H2,1H3,(H,21,24)/t13-,15-,17+,19+/m1/s1. The first kappa shape index (κ1) is 18.3. The maximum Gasteiger partial charge on any atom is 0.308 e. The first-order chi connectivity index (χ1) is 13.1. The van der Waals surface area contributed by atoms with Crippen LogP contribution in [0.5, 0.6) is 5.75 Å². The van der Waals surface area contributed by atoms with E-state index in [0.29, 0.717) is 6.42 Å². The molecule has 1 aliphatic carbocycles. The molecule has 1 aromatic carbocycles. The van der Waals surface area contributed by atoms with E-state index >= 15 is 0 Å². The minimum absolute atomic E-state index is 0.00103. The van der Waals surface area contributed by atoms with Crippen molar-refractivity contribution in [2.24, 2.45) is 5.92 Å². The van der Waals surface area contributed by atoms with Crippen LogP contribution in [0, 0.1) is 5.92 Å². The van der Waals surface area contributed by atoms with Crippen LogP contribution in [-0.2, 0) is 19.1 Å². The Morgan fingerprint density at radius 2 is 2.15 bits per heavy atom. The van der Waals surface area contributed by atoms with Crippen molar-refractivity contribution in [2.45, 2.75) is 56.3 Å². The van der Waals surface area contributed by atoms with Crippen LogP contribution in [0.4, 0.5) is 5.69 Å². The van der Waals surface area contributed by atoms with E-state index in [0.717, 1.165) is 36.3 Å². The molecule has 2 fully saturated rings. The Labute approximate surface area is 158 Å². The summed E-state index contributed by atoms with van der Waals surface area (Å²) in [6.45, 7) is -0.182. The van der Waals surface area contributed by atoms with Gasteiger partial charge in [0.25, 0.3) is 0 Å². The van der Waals surface area contributed by atoms with E-state index in [4.69, 9.17) is 14.2 Å². The fourth-order valence-corrected chi connectivity index (χ4v) is 4.15. The number of benzene rings is 1. The van der Waals surface area contributed by atoms with E-state index in [1.807, 2.05) is 18.2 Å². The van der Waals surface area contributed by atoms with Gasteiger partial charge in [0.15, 0.2) is 0 Å². The monoisotopic (exact) mass is 375 g/mol. The smallest absolute Gasteiger partial charge is 0.308 e. The second-order valence-corrected chi connectivity index (χ2v) is 7.55. The van der Waals surface area contributed by atoms with Gasteiger partial charge in [-0.25, -0.2) is 0 Å². The fraction of sp³-hybridized carbons (Fsp3) is 0.600. The van der Waals surface area contributed by atoms with Crippen LogP contribution >= 0.6 is 0 Å². The zero-order valence-electron chi connectivity index (χ0n) is 15.3. The molecule has 1 amide bonds. The molecule has 0 radical (unpaired) electrons. The highest BCUT2D eigenvalue weighted by atomic mass is 16.6. The Morgan fingerprint density at radius 3 is 2.81 bits per heavy atom. The highest BCUT2D eigenvalue weighted by Gasteiger charge is 2.46. The van der Waals surface area contributed by atoms with Gasteiger partial charge in [-0.05, 0) is 37.5 Å². The van der Waals surface area contributed by atoms with Crippen LogP contribution in [0.1, 0.15) is 43.6 Å². The van der Waals surface area contributed by atoms with Crippen molar-refractivity contribution >= 4 is 17.6 Å². The molecule has 0 aromatic heterocycles. The minimum Gasteiger partial charge on any atom is -0.487 e. The Balaban J connectivity index is 1.52. The average molecular weight is 375 g/mol. The quantitative estimate of drug-likeness (QED) is 0.765. The predicted octanol–water partition coefficient (Wildman–Crippen LogP) is 1.98. The number of amides is 1. The summed E-state index contributed by atoms with van der Waals surface area (Å²) in [6.07, 6.45) is 2.63. The maximum absolute atomic E-state index is 12.2. The SMILES string of the molecule is COC(=O)C[C@H]1C[C@@H]2c3cc(NC(=O)C4CCC4)ccc3O[C@@H]2[C@H](CO)O1. The Bertz CT molecular complexity index is 731. The molecule has 2 heterocycles. The molecule has 7 nitrogen and oxygen atoms in total. The lowest BCUT2D eigenvalue weighted by molar-refractivity contribution is -0.156. The van der Waals surface area contributed by atoms with Crippen molar-refractivity contribution in [1.29, 1.82) is 0 Å². The number of hydrogen-bond acceptors (Lipinski definition) is 6. The van der Waals surface area contributed by atoms with Crippen molar-refractivity contribution in [3.05, 3.63) is 23.8 Å². The van der Waals surface area contributed by atoms with Crippen molar-refractivity contribution < 1.29 is 28.9 Å². The van der Waals surface area contributed by atoms with Gasteiger partial charge in [0.2, 0.25) is 5.91 Å². The summed E-state index contributed by atoms with van der Waals surface area (Å²) in [6, 6.07) is 5.65. The summed E-state index contributed by atoms with van der Waals surface area (Å²) in [5.74, 6) is 0.596. The summed E-state index contributed by atoms with van der Waals surface area (Å²) in [7, 11) is 1.35. The summed E-state index contributed by atoms with van der Waals surface area (Å²) in [5.41, 5.74) is 1.74.